The Bertz CT molecular complexity index is 1090. The lowest BCUT2D eigenvalue weighted by Gasteiger charge is -2.23. The monoisotopic (exact) mass is 473 g/mol. The number of aryl methyl sites for hydroxylation is 1. The van der Waals surface area contributed by atoms with E-state index in [1.54, 1.807) is 6.92 Å². The molecule has 0 spiro atoms. The number of sulfone groups is 1. The molecule has 2 aliphatic rings. The van der Waals surface area contributed by atoms with Crippen LogP contribution in [0.15, 0.2) is 30.3 Å². The molecular weight excluding hydrogens is 438 g/mol. The summed E-state index contributed by atoms with van der Waals surface area (Å²) in [6.07, 6.45) is 4.39. The van der Waals surface area contributed by atoms with E-state index in [9.17, 15) is 8.42 Å². The van der Waals surface area contributed by atoms with Crippen molar-refractivity contribution < 1.29 is 22.6 Å². The predicted octanol–water partition coefficient (Wildman–Crippen LogP) is 4.47. The van der Waals surface area contributed by atoms with Crippen molar-refractivity contribution in [2.45, 2.75) is 64.2 Å². The van der Waals surface area contributed by atoms with Gasteiger partial charge in [-0.2, -0.15) is 0 Å². The lowest BCUT2D eigenvalue weighted by Crippen LogP contribution is -2.34. The van der Waals surface area contributed by atoms with Crippen LogP contribution in [-0.2, 0) is 25.9 Å². The van der Waals surface area contributed by atoms with Crippen molar-refractivity contribution in [1.29, 1.82) is 0 Å². The van der Waals surface area contributed by atoms with Gasteiger partial charge < -0.3 is 19.5 Å². The van der Waals surface area contributed by atoms with Crippen molar-refractivity contribution in [1.82, 2.24) is 5.32 Å². The van der Waals surface area contributed by atoms with E-state index in [0.717, 1.165) is 53.9 Å². The first-order chi connectivity index (χ1) is 15.7. The maximum atomic E-state index is 11.8. The molecule has 1 saturated heterocycles. The Hall–Kier alpha value is -1.93. The van der Waals surface area contributed by atoms with E-state index in [1.165, 1.54) is 17.4 Å². The molecule has 0 aliphatic carbocycles. The quantitative estimate of drug-likeness (QED) is 0.610. The molecule has 2 aliphatic heterocycles. The van der Waals surface area contributed by atoms with E-state index >= 15 is 0 Å². The molecule has 0 saturated carbocycles. The molecule has 1 fully saturated rings. The molecule has 3 unspecified atom stereocenters. The highest BCUT2D eigenvalue weighted by molar-refractivity contribution is 7.91. The van der Waals surface area contributed by atoms with Crippen molar-refractivity contribution in [3.05, 3.63) is 52.6 Å². The third kappa shape index (κ3) is 5.60. The number of nitrogens with one attached hydrogen (secondary N) is 1. The average Bonchev–Trinajstić information content (AvgIpc) is 3.19. The molecule has 0 bridgehead atoms. The zero-order valence-corrected chi connectivity index (χ0v) is 20.8. The molecular formula is C26H35NO5S. The standard InChI is InChI=1S/C26H35NO5S/c1-17-12-23-26(22(16-31-23)27-14-18(2)33(4,28)29)19(3)25(17)21-9-7-8-20(13-21)15-32-24-10-5-6-11-30-24/h7-9,12-13,18,22,24,27H,5-6,10-11,14-16H2,1-4H3. The number of fused-ring (bicyclic) bond motifs is 1. The van der Waals surface area contributed by atoms with Gasteiger partial charge in [0.1, 0.15) is 12.4 Å². The smallest absolute Gasteiger partial charge is 0.158 e. The molecule has 4 rings (SSSR count). The maximum Gasteiger partial charge on any atom is 0.158 e. The fourth-order valence-corrected chi connectivity index (χ4v) is 5.08. The van der Waals surface area contributed by atoms with E-state index in [0.29, 0.717) is 19.8 Å². The number of ether oxygens (including phenoxy) is 3. The van der Waals surface area contributed by atoms with Crippen molar-refractivity contribution in [2.75, 3.05) is 26.0 Å². The highest BCUT2D eigenvalue weighted by Gasteiger charge is 2.29. The zero-order chi connectivity index (χ0) is 23.6. The van der Waals surface area contributed by atoms with Crippen molar-refractivity contribution in [3.8, 4) is 16.9 Å². The highest BCUT2D eigenvalue weighted by Crippen LogP contribution is 2.42. The van der Waals surface area contributed by atoms with Gasteiger partial charge in [0.2, 0.25) is 0 Å². The van der Waals surface area contributed by atoms with Crippen LogP contribution in [0.3, 0.4) is 0 Å². The van der Waals surface area contributed by atoms with E-state index in [2.05, 4.69) is 49.5 Å². The molecule has 180 valence electrons. The fraction of sp³-hybridized carbons (Fsp3) is 0.538. The van der Waals surface area contributed by atoms with Crippen LogP contribution in [0.2, 0.25) is 0 Å². The van der Waals surface area contributed by atoms with Crippen molar-refractivity contribution in [3.63, 3.8) is 0 Å². The minimum atomic E-state index is -3.08. The second-order valence-electron chi connectivity index (χ2n) is 9.32. The summed E-state index contributed by atoms with van der Waals surface area (Å²) in [5.74, 6) is 0.882. The van der Waals surface area contributed by atoms with Gasteiger partial charge in [-0.3, -0.25) is 0 Å². The number of hydrogen-bond acceptors (Lipinski definition) is 6. The van der Waals surface area contributed by atoms with E-state index in [4.69, 9.17) is 14.2 Å². The highest BCUT2D eigenvalue weighted by atomic mass is 32.2. The van der Waals surface area contributed by atoms with Crippen LogP contribution in [0, 0.1) is 13.8 Å². The molecule has 33 heavy (non-hydrogen) atoms. The topological polar surface area (TPSA) is 73.9 Å². The Balaban J connectivity index is 1.55. The van der Waals surface area contributed by atoms with Gasteiger partial charge in [0, 0.05) is 25.0 Å². The summed E-state index contributed by atoms with van der Waals surface area (Å²) >= 11 is 0. The first kappa shape index (κ1) is 24.2. The Labute approximate surface area is 197 Å². The largest absolute Gasteiger partial charge is 0.491 e. The van der Waals surface area contributed by atoms with E-state index in [-0.39, 0.29) is 12.3 Å². The van der Waals surface area contributed by atoms with Crippen LogP contribution in [-0.4, -0.2) is 46.0 Å². The minimum absolute atomic E-state index is 0.0292. The fourth-order valence-electron chi connectivity index (χ4n) is 4.68. The third-order valence-corrected chi connectivity index (χ3v) is 8.34. The third-order valence-electron chi connectivity index (χ3n) is 6.71. The first-order valence-electron chi connectivity index (χ1n) is 11.8. The molecule has 3 atom stereocenters. The maximum absolute atomic E-state index is 11.8. The average molecular weight is 474 g/mol. The second-order valence-corrected chi connectivity index (χ2v) is 11.8. The van der Waals surface area contributed by atoms with Gasteiger partial charge in [0.25, 0.3) is 0 Å². The minimum Gasteiger partial charge on any atom is -0.491 e. The Kier molecular flexibility index (Phi) is 7.43. The van der Waals surface area contributed by atoms with Gasteiger partial charge in [-0.15, -0.1) is 0 Å². The van der Waals surface area contributed by atoms with Crippen LogP contribution < -0.4 is 10.1 Å². The van der Waals surface area contributed by atoms with Gasteiger partial charge in [-0.05, 0) is 80.0 Å². The summed E-state index contributed by atoms with van der Waals surface area (Å²) in [6, 6.07) is 10.5. The summed E-state index contributed by atoms with van der Waals surface area (Å²) in [5, 5.41) is 2.97. The molecule has 0 aromatic heterocycles. The molecule has 1 N–H and O–H groups in total. The van der Waals surface area contributed by atoms with Gasteiger partial charge in [-0.1, -0.05) is 18.2 Å². The van der Waals surface area contributed by atoms with Crippen molar-refractivity contribution >= 4 is 9.84 Å². The van der Waals surface area contributed by atoms with Crippen LogP contribution in [0.1, 0.15) is 54.5 Å². The Morgan fingerprint density at radius 2 is 2.03 bits per heavy atom. The van der Waals surface area contributed by atoms with Gasteiger partial charge in [-0.25, -0.2) is 8.42 Å². The van der Waals surface area contributed by atoms with E-state index in [1.807, 2.05) is 0 Å². The van der Waals surface area contributed by atoms with Gasteiger partial charge >= 0.3 is 0 Å². The van der Waals surface area contributed by atoms with Gasteiger partial charge in [0.05, 0.1) is 17.9 Å². The lowest BCUT2D eigenvalue weighted by molar-refractivity contribution is -0.168. The summed E-state index contributed by atoms with van der Waals surface area (Å²) < 4.78 is 41.3. The summed E-state index contributed by atoms with van der Waals surface area (Å²) in [6.45, 7) is 8.17. The number of hydrogen-bond donors (Lipinski definition) is 1. The Morgan fingerprint density at radius 3 is 2.76 bits per heavy atom. The second kappa shape index (κ2) is 10.1. The molecule has 2 aromatic carbocycles. The van der Waals surface area contributed by atoms with Crippen LogP contribution in [0.25, 0.3) is 11.1 Å². The summed E-state index contributed by atoms with van der Waals surface area (Å²) in [4.78, 5) is 0. The zero-order valence-electron chi connectivity index (χ0n) is 20.0. The molecule has 2 aromatic rings. The van der Waals surface area contributed by atoms with Crippen molar-refractivity contribution in [2.24, 2.45) is 0 Å². The molecule has 0 radical (unpaired) electrons. The summed E-state index contributed by atoms with van der Waals surface area (Å²) in [7, 11) is -3.08. The van der Waals surface area contributed by atoms with Crippen LogP contribution in [0.4, 0.5) is 0 Å². The van der Waals surface area contributed by atoms with Crippen LogP contribution >= 0.6 is 0 Å². The molecule has 6 nitrogen and oxygen atoms in total. The molecule has 2 heterocycles. The summed E-state index contributed by atoms with van der Waals surface area (Å²) in [5.41, 5.74) is 6.90. The molecule has 0 amide bonds. The number of rotatable bonds is 8. The number of benzene rings is 2. The van der Waals surface area contributed by atoms with E-state index < -0.39 is 15.1 Å². The molecule has 7 heteroatoms. The Morgan fingerprint density at radius 1 is 1.21 bits per heavy atom. The van der Waals surface area contributed by atoms with Gasteiger partial charge in [0.15, 0.2) is 16.1 Å². The SMILES string of the molecule is Cc1cc2c(c(C)c1-c1cccc(COC3CCCCO3)c1)C(NCC(C)S(C)(=O)=O)CO2. The van der Waals surface area contributed by atoms with Crippen LogP contribution in [0.5, 0.6) is 5.75 Å². The first-order valence-corrected chi connectivity index (χ1v) is 13.7. The normalized spacial score (nSPS) is 21.5. The lowest BCUT2D eigenvalue weighted by atomic mass is 9.89. The predicted molar refractivity (Wildman–Crippen MR) is 130 cm³/mol.